The molecule has 0 spiro atoms. The standard InChI is InChI=1S/C56H40N4O/c1-4-14-37(15-5-1)38-24-26-41(27-25-38)56-57-47(40-17-6-2-7-18-40)36-54(58-56)60-48-31-29-42(34-46(48)55-45-21-11-10-16-39(45)28-32-50(55)60)43-30-33-53-51(35-43)59(44-19-8-3-9-20-44)49-22-12-13-23-52(49)61-53/h1-17,19-31,33-36,40,50H,18,32H2. The average molecular weight is 785 g/mol. The number of aromatic nitrogens is 2. The van der Waals surface area contributed by atoms with Gasteiger partial charge in [0.1, 0.15) is 5.82 Å². The Kier molecular flexibility index (Phi) is 8.37. The molecule has 2 unspecified atom stereocenters. The number of hydrogen-bond acceptors (Lipinski definition) is 5. The van der Waals surface area contributed by atoms with Crippen LogP contribution in [0.15, 0.2) is 200 Å². The highest BCUT2D eigenvalue weighted by Gasteiger charge is 2.38. The van der Waals surface area contributed by atoms with Gasteiger partial charge < -0.3 is 14.5 Å². The molecular formula is C56H40N4O. The first-order valence-electron chi connectivity index (χ1n) is 21.1. The van der Waals surface area contributed by atoms with Crippen LogP contribution in [-0.4, -0.2) is 16.0 Å². The molecule has 5 nitrogen and oxygen atoms in total. The molecule has 12 rings (SSSR count). The Morgan fingerprint density at radius 3 is 2.08 bits per heavy atom. The Labute approximate surface area is 355 Å². The third-order valence-electron chi connectivity index (χ3n) is 12.5. The minimum Gasteiger partial charge on any atom is -0.453 e. The molecule has 2 aliphatic heterocycles. The molecule has 0 radical (unpaired) electrons. The van der Waals surface area contributed by atoms with Gasteiger partial charge in [0.05, 0.1) is 28.8 Å². The fourth-order valence-corrected chi connectivity index (χ4v) is 9.53. The Bertz CT molecular complexity index is 3190. The number of para-hydroxylation sites is 3. The highest BCUT2D eigenvalue weighted by molar-refractivity contribution is 5.95. The van der Waals surface area contributed by atoms with E-state index < -0.39 is 0 Å². The Hall–Kier alpha value is -7.76. The highest BCUT2D eigenvalue weighted by Crippen LogP contribution is 2.52. The minimum atomic E-state index is 0.0695. The van der Waals surface area contributed by atoms with Crippen LogP contribution >= 0.6 is 0 Å². The minimum absolute atomic E-state index is 0.0695. The van der Waals surface area contributed by atoms with Crippen LogP contribution in [0.2, 0.25) is 0 Å². The summed E-state index contributed by atoms with van der Waals surface area (Å²) < 4.78 is 6.51. The quantitative estimate of drug-likeness (QED) is 0.168. The van der Waals surface area contributed by atoms with Crippen molar-refractivity contribution in [2.45, 2.75) is 24.8 Å². The van der Waals surface area contributed by atoms with Gasteiger partial charge in [-0.05, 0) is 99.6 Å². The topological polar surface area (TPSA) is 41.5 Å². The molecule has 7 aromatic carbocycles. The van der Waals surface area contributed by atoms with Crippen LogP contribution in [0.5, 0.6) is 11.5 Å². The summed E-state index contributed by atoms with van der Waals surface area (Å²) in [5.74, 6) is 3.49. The molecule has 0 saturated heterocycles. The van der Waals surface area contributed by atoms with Crippen LogP contribution in [0.25, 0.3) is 45.3 Å². The molecule has 3 heterocycles. The number of hydrogen-bond donors (Lipinski definition) is 0. The van der Waals surface area contributed by atoms with Crippen molar-refractivity contribution in [3.63, 3.8) is 0 Å². The van der Waals surface area contributed by atoms with Gasteiger partial charge in [0, 0.05) is 28.8 Å². The lowest BCUT2D eigenvalue weighted by molar-refractivity contribution is 0.477. The summed E-state index contributed by atoms with van der Waals surface area (Å²) in [5, 5.41) is 2.55. The molecule has 1 aromatic heterocycles. The second-order valence-corrected chi connectivity index (χ2v) is 16.1. The van der Waals surface area contributed by atoms with Crippen molar-refractivity contribution >= 4 is 40.2 Å². The SMILES string of the molecule is C1=CCC(c2cc(N3c4ccc(-c5ccc6c(c5)N(c5ccccc5)c5ccccc5O6)cc4C4=c5ccccc5=CCC43)nc(-c3ccc(-c4ccccc4)cc3)n2)C=C1. The second kappa shape index (κ2) is 14.5. The van der Waals surface area contributed by atoms with E-state index in [9.17, 15) is 0 Å². The molecule has 0 saturated carbocycles. The molecule has 5 heteroatoms. The van der Waals surface area contributed by atoms with Crippen LogP contribution < -0.4 is 25.0 Å². The van der Waals surface area contributed by atoms with E-state index >= 15 is 0 Å². The summed E-state index contributed by atoms with van der Waals surface area (Å²) in [6.45, 7) is 0. The lowest BCUT2D eigenvalue weighted by atomic mass is 9.90. The summed E-state index contributed by atoms with van der Waals surface area (Å²) in [7, 11) is 0. The molecule has 0 fully saturated rings. The summed E-state index contributed by atoms with van der Waals surface area (Å²) in [4.78, 5) is 15.5. The number of benzene rings is 7. The van der Waals surface area contributed by atoms with Gasteiger partial charge in [-0.3, -0.25) is 0 Å². The largest absolute Gasteiger partial charge is 0.453 e. The number of allylic oxidation sites excluding steroid dienone is 4. The average Bonchev–Trinajstić information content (AvgIpc) is 3.68. The molecule has 61 heavy (non-hydrogen) atoms. The van der Waals surface area contributed by atoms with Crippen molar-refractivity contribution in [2.24, 2.45) is 0 Å². The van der Waals surface area contributed by atoms with E-state index in [1.807, 2.05) is 12.1 Å². The van der Waals surface area contributed by atoms with Gasteiger partial charge in [-0.25, -0.2) is 9.97 Å². The number of rotatable bonds is 6. The maximum absolute atomic E-state index is 6.51. The zero-order valence-electron chi connectivity index (χ0n) is 33.4. The monoisotopic (exact) mass is 784 g/mol. The predicted octanol–water partition coefficient (Wildman–Crippen LogP) is 12.6. The Balaban J connectivity index is 1.00. The van der Waals surface area contributed by atoms with Crippen LogP contribution in [-0.2, 0) is 0 Å². The zero-order chi connectivity index (χ0) is 40.3. The van der Waals surface area contributed by atoms with E-state index in [0.717, 1.165) is 81.1 Å². The van der Waals surface area contributed by atoms with Crippen molar-refractivity contribution in [3.8, 4) is 45.1 Å². The van der Waals surface area contributed by atoms with Gasteiger partial charge in [0.25, 0.3) is 0 Å². The molecule has 8 aromatic rings. The normalized spacial score (nSPS) is 16.8. The van der Waals surface area contributed by atoms with E-state index in [0.29, 0.717) is 0 Å². The van der Waals surface area contributed by atoms with Gasteiger partial charge in [0.15, 0.2) is 17.3 Å². The van der Waals surface area contributed by atoms with Gasteiger partial charge in [0.2, 0.25) is 0 Å². The zero-order valence-corrected chi connectivity index (χ0v) is 33.4. The Morgan fingerprint density at radius 2 is 1.23 bits per heavy atom. The van der Waals surface area contributed by atoms with E-state index in [1.165, 1.54) is 32.7 Å². The van der Waals surface area contributed by atoms with Crippen LogP contribution in [0, 0.1) is 0 Å². The first-order valence-corrected chi connectivity index (χ1v) is 21.1. The highest BCUT2D eigenvalue weighted by atomic mass is 16.5. The summed E-state index contributed by atoms with van der Waals surface area (Å²) >= 11 is 0. The third-order valence-corrected chi connectivity index (χ3v) is 12.5. The van der Waals surface area contributed by atoms with E-state index in [1.54, 1.807) is 0 Å². The number of ether oxygens (including phenoxy) is 1. The molecule has 4 aliphatic rings. The molecule has 2 aliphatic carbocycles. The lowest BCUT2D eigenvalue weighted by Gasteiger charge is -2.33. The summed E-state index contributed by atoms with van der Waals surface area (Å²) in [6.07, 6.45) is 12.9. The van der Waals surface area contributed by atoms with Gasteiger partial charge in [-0.1, -0.05) is 152 Å². The van der Waals surface area contributed by atoms with Crippen molar-refractivity contribution in [1.82, 2.24) is 9.97 Å². The van der Waals surface area contributed by atoms with Gasteiger partial charge in [-0.15, -0.1) is 0 Å². The molecule has 290 valence electrons. The summed E-state index contributed by atoms with van der Waals surface area (Å²) in [5.41, 5.74) is 13.5. The van der Waals surface area contributed by atoms with E-state index in [2.05, 4.69) is 204 Å². The maximum atomic E-state index is 6.51. The smallest absolute Gasteiger partial charge is 0.161 e. The molecule has 0 bridgehead atoms. The van der Waals surface area contributed by atoms with Crippen molar-refractivity contribution in [1.29, 1.82) is 0 Å². The first kappa shape index (κ1) is 35.2. The second-order valence-electron chi connectivity index (χ2n) is 16.1. The maximum Gasteiger partial charge on any atom is 0.161 e. The fourth-order valence-electron chi connectivity index (χ4n) is 9.53. The number of fused-ring (bicyclic) bond motifs is 6. The van der Waals surface area contributed by atoms with Crippen molar-refractivity contribution < 1.29 is 4.74 Å². The van der Waals surface area contributed by atoms with Crippen molar-refractivity contribution in [2.75, 3.05) is 9.80 Å². The van der Waals surface area contributed by atoms with Crippen LogP contribution in [0.1, 0.15) is 30.0 Å². The molecule has 0 N–H and O–H groups in total. The lowest BCUT2D eigenvalue weighted by Crippen LogP contribution is -2.38. The predicted molar refractivity (Wildman–Crippen MR) is 248 cm³/mol. The van der Waals surface area contributed by atoms with Crippen LogP contribution in [0.3, 0.4) is 0 Å². The summed E-state index contributed by atoms with van der Waals surface area (Å²) in [6, 6.07) is 62.7. The number of anilines is 5. The van der Waals surface area contributed by atoms with E-state index in [4.69, 9.17) is 14.7 Å². The van der Waals surface area contributed by atoms with Gasteiger partial charge in [-0.2, -0.15) is 0 Å². The van der Waals surface area contributed by atoms with Crippen LogP contribution in [0.4, 0.5) is 28.6 Å². The molecule has 0 amide bonds. The Morgan fingerprint density at radius 1 is 0.525 bits per heavy atom. The van der Waals surface area contributed by atoms with E-state index in [-0.39, 0.29) is 12.0 Å². The number of nitrogens with zero attached hydrogens (tertiary/aromatic N) is 4. The molecular weight excluding hydrogens is 745 g/mol. The van der Waals surface area contributed by atoms with Gasteiger partial charge >= 0.3 is 0 Å². The molecule has 2 atom stereocenters. The first-order chi connectivity index (χ1) is 30.2. The third kappa shape index (κ3) is 6.08. The fraction of sp³-hybridized carbons (Fsp3) is 0.0714. The van der Waals surface area contributed by atoms with Crippen molar-refractivity contribution in [3.05, 3.63) is 222 Å².